The van der Waals surface area contributed by atoms with Gasteiger partial charge in [0.05, 0.1) is 0 Å². The molecule has 1 atom stereocenters. The molecule has 2 rings (SSSR count). The van der Waals surface area contributed by atoms with Crippen LogP contribution in [0.2, 0.25) is 0 Å². The molecule has 0 bridgehead atoms. The van der Waals surface area contributed by atoms with E-state index in [4.69, 9.17) is 0 Å². The summed E-state index contributed by atoms with van der Waals surface area (Å²) in [4.78, 5) is 4.00. The molecule has 1 N–H and O–H groups in total. The molecular formula is C12H17FN2. The summed E-state index contributed by atoms with van der Waals surface area (Å²) >= 11 is 0. The lowest BCUT2D eigenvalue weighted by molar-refractivity contribution is 0.187. The van der Waals surface area contributed by atoms with Crippen molar-refractivity contribution in [2.24, 2.45) is 5.92 Å². The van der Waals surface area contributed by atoms with E-state index in [0.717, 1.165) is 31.5 Å². The van der Waals surface area contributed by atoms with Crippen molar-refractivity contribution in [3.8, 4) is 0 Å². The Morgan fingerprint density at radius 2 is 2.27 bits per heavy atom. The van der Waals surface area contributed by atoms with Crippen LogP contribution in [0.4, 0.5) is 4.39 Å². The molecule has 1 fully saturated rings. The molecule has 82 valence electrons. The Morgan fingerprint density at radius 3 is 2.93 bits per heavy atom. The van der Waals surface area contributed by atoms with Crippen LogP contribution < -0.4 is 5.32 Å². The first-order valence-electron chi connectivity index (χ1n) is 5.60. The van der Waals surface area contributed by atoms with E-state index in [1.807, 2.05) is 12.1 Å². The Balaban J connectivity index is 1.88. The Bertz CT molecular complexity index is 283. The summed E-state index contributed by atoms with van der Waals surface area (Å²) in [6.07, 6.45) is 5.20. The van der Waals surface area contributed by atoms with Gasteiger partial charge in [0.2, 0.25) is 0 Å². The van der Waals surface area contributed by atoms with Crippen LogP contribution in [-0.2, 0) is 6.42 Å². The van der Waals surface area contributed by atoms with Crippen LogP contribution in [0.25, 0.3) is 0 Å². The highest BCUT2D eigenvalue weighted by Gasteiger charge is 2.23. The summed E-state index contributed by atoms with van der Waals surface area (Å²) in [5.41, 5.74) is 1.00. The Kier molecular flexibility index (Phi) is 3.67. The van der Waals surface area contributed by atoms with Gasteiger partial charge < -0.3 is 5.32 Å². The molecule has 1 aromatic rings. The number of rotatable bonds is 3. The molecule has 0 radical (unpaired) electrons. The van der Waals surface area contributed by atoms with E-state index in [1.165, 1.54) is 0 Å². The molecule has 0 aromatic carbocycles. The first-order chi connectivity index (χ1) is 7.36. The minimum Gasteiger partial charge on any atom is -0.317 e. The van der Waals surface area contributed by atoms with E-state index < -0.39 is 6.17 Å². The largest absolute Gasteiger partial charge is 0.317 e. The zero-order chi connectivity index (χ0) is 10.5. The van der Waals surface area contributed by atoms with Crippen molar-refractivity contribution in [1.82, 2.24) is 10.3 Å². The lowest BCUT2D eigenvalue weighted by Gasteiger charge is -2.25. The normalized spacial score (nSPS) is 20.1. The van der Waals surface area contributed by atoms with Crippen molar-refractivity contribution in [2.45, 2.75) is 25.4 Å². The number of pyridine rings is 1. The third-order valence-electron chi connectivity index (χ3n) is 3.05. The van der Waals surface area contributed by atoms with Crippen LogP contribution in [0.15, 0.2) is 24.5 Å². The number of alkyl halides is 1. The number of nitrogens with zero attached hydrogens (tertiary/aromatic N) is 1. The quantitative estimate of drug-likeness (QED) is 0.821. The average molecular weight is 208 g/mol. The van der Waals surface area contributed by atoms with Gasteiger partial charge in [-0.3, -0.25) is 4.98 Å². The standard InChI is InChI=1S/C12H17FN2/c13-12(11-3-6-14-7-4-11)8-10-2-1-5-15-9-10/h1-2,5,9,11-12,14H,3-4,6-8H2. The molecule has 0 amide bonds. The minimum absolute atomic E-state index is 0.228. The fraction of sp³-hybridized carbons (Fsp3) is 0.583. The first-order valence-corrected chi connectivity index (χ1v) is 5.60. The van der Waals surface area contributed by atoms with E-state index in [0.29, 0.717) is 6.42 Å². The highest BCUT2D eigenvalue weighted by Crippen LogP contribution is 2.21. The van der Waals surface area contributed by atoms with Crippen molar-refractivity contribution in [3.05, 3.63) is 30.1 Å². The van der Waals surface area contributed by atoms with Gasteiger partial charge in [-0.15, -0.1) is 0 Å². The number of hydrogen-bond donors (Lipinski definition) is 1. The number of halogens is 1. The molecule has 1 aromatic heterocycles. The predicted octanol–water partition coefficient (Wildman–Crippen LogP) is 1.96. The second-order valence-electron chi connectivity index (χ2n) is 4.17. The maximum atomic E-state index is 13.9. The van der Waals surface area contributed by atoms with Crippen LogP contribution in [0.3, 0.4) is 0 Å². The summed E-state index contributed by atoms with van der Waals surface area (Å²) < 4.78 is 13.9. The van der Waals surface area contributed by atoms with Crippen molar-refractivity contribution in [3.63, 3.8) is 0 Å². The van der Waals surface area contributed by atoms with E-state index in [1.54, 1.807) is 12.4 Å². The highest BCUT2D eigenvalue weighted by molar-refractivity contribution is 5.09. The first kappa shape index (κ1) is 10.6. The van der Waals surface area contributed by atoms with Gasteiger partial charge in [-0.1, -0.05) is 6.07 Å². The molecule has 0 aliphatic carbocycles. The van der Waals surface area contributed by atoms with Crippen LogP contribution in [0.5, 0.6) is 0 Å². The lowest BCUT2D eigenvalue weighted by atomic mass is 9.90. The van der Waals surface area contributed by atoms with Crippen LogP contribution in [0.1, 0.15) is 18.4 Å². The second-order valence-corrected chi connectivity index (χ2v) is 4.17. The third kappa shape index (κ3) is 2.99. The molecule has 3 heteroatoms. The number of aromatic nitrogens is 1. The summed E-state index contributed by atoms with van der Waals surface area (Å²) in [5.74, 6) is 0.228. The van der Waals surface area contributed by atoms with Crippen molar-refractivity contribution in [2.75, 3.05) is 13.1 Å². The molecule has 1 unspecified atom stereocenters. The molecule has 1 saturated heterocycles. The summed E-state index contributed by atoms with van der Waals surface area (Å²) in [6.45, 7) is 1.91. The molecule has 1 aliphatic heterocycles. The predicted molar refractivity (Wildman–Crippen MR) is 58.4 cm³/mol. The second kappa shape index (κ2) is 5.21. The smallest absolute Gasteiger partial charge is 0.107 e. The maximum absolute atomic E-state index is 13.9. The van der Waals surface area contributed by atoms with Gasteiger partial charge in [0.25, 0.3) is 0 Å². The molecule has 0 saturated carbocycles. The Morgan fingerprint density at radius 1 is 1.47 bits per heavy atom. The third-order valence-corrected chi connectivity index (χ3v) is 3.05. The van der Waals surface area contributed by atoms with E-state index in [9.17, 15) is 4.39 Å². The van der Waals surface area contributed by atoms with Gasteiger partial charge in [0, 0.05) is 18.8 Å². The summed E-state index contributed by atoms with van der Waals surface area (Å²) in [6, 6.07) is 3.81. The number of nitrogens with one attached hydrogen (secondary N) is 1. The molecule has 2 nitrogen and oxygen atoms in total. The van der Waals surface area contributed by atoms with Gasteiger partial charge in [-0.25, -0.2) is 4.39 Å². The van der Waals surface area contributed by atoms with Gasteiger partial charge in [-0.2, -0.15) is 0 Å². The van der Waals surface area contributed by atoms with Crippen LogP contribution >= 0.6 is 0 Å². The topological polar surface area (TPSA) is 24.9 Å². The Labute approximate surface area is 89.9 Å². The fourth-order valence-electron chi connectivity index (χ4n) is 2.12. The number of hydrogen-bond acceptors (Lipinski definition) is 2. The zero-order valence-electron chi connectivity index (χ0n) is 8.82. The maximum Gasteiger partial charge on any atom is 0.107 e. The zero-order valence-corrected chi connectivity index (χ0v) is 8.82. The van der Waals surface area contributed by atoms with Gasteiger partial charge >= 0.3 is 0 Å². The van der Waals surface area contributed by atoms with Gasteiger partial charge in [-0.05, 0) is 43.5 Å². The molecule has 2 heterocycles. The highest BCUT2D eigenvalue weighted by atomic mass is 19.1. The SMILES string of the molecule is FC(Cc1cccnc1)C1CCNCC1. The van der Waals surface area contributed by atoms with Crippen molar-refractivity contribution >= 4 is 0 Å². The molecule has 1 aliphatic rings. The lowest BCUT2D eigenvalue weighted by Crippen LogP contribution is -2.33. The van der Waals surface area contributed by atoms with E-state index in [-0.39, 0.29) is 5.92 Å². The van der Waals surface area contributed by atoms with Crippen LogP contribution in [0, 0.1) is 5.92 Å². The molecular weight excluding hydrogens is 191 g/mol. The van der Waals surface area contributed by atoms with Crippen molar-refractivity contribution < 1.29 is 4.39 Å². The van der Waals surface area contributed by atoms with Crippen molar-refractivity contribution in [1.29, 1.82) is 0 Å². The molecule has 0 spiro atoms. The van der Waals surface area contributed by atoms with E-state index in [2.05, 4.69) is 10.3 Å². The van der Waals surface area contributed by atoms with Crippen LogP contribution in [-0.4, -0.2) is 24.2 Å². The van der Waals surface area contributed by atoms with Gasteiger partial charge in [0.15, 0.2) is 0 Å². The number of piperidine rings is 1. The van der Waals surface area contributed by atoms with E-state index >= 15 is 0 Å². The minimum atomic E-state index is -0.712. The molecule has 15 heavy (non-hydrogen) atoms. The fourth-order valence-corrected chi connectivity index (χ4v) is 2.12. The average Bonchev–Trinajstić information content (AvgIpc) is 2.31. The summed E-state index contributed by atoms with van der Waals surface area (Å²) in [7, 11) is 0. The van der Waals surface area contributed by atoms with Gasteiger partial charge in [0.1, 0.15) is 6.17 Å². The summed E-state index contributed by atoms with van der Waals surface area (Å²) in [5, 5.41) is 3.25. The Hall–Kier alpha value is -0.960. The monoisotopic (exact) mass is 208 g/mol.